The summed E-state index contributed by atoms with van der Waals surface area (Å²) in [5, 5.41) is 2.13. The van der Waals surface area contributed by atoms with Gasteiger partial charge in [0, 0.05) is 17.4 Å². The van der Waals surface area contributed by atoms with Crippen molar-refractivity contribution in [2.75, 3.05) is 5.32 Å². The number of alkyl halides is 3. The Bertz CT molecular complexity index is 689. The van der Waals surface area contributed by atoms with Gasteiger partial charge in [0.1, 0.15) is 0 Å². The highest BCUT2D eigenvalue weighted by Gasteiger charge is 2.34. The third kappa shape index (κ3) is 3.65. The van der Waals surface area contributed by atoms with Crippen LogP contribution in [0.5, 0.6) is 0 Å². The molecule has 1 heterocycles. The number of hydrogen-bond acceptors (Lipinski definition) is 2. The predicted octanol–water partition coefficient (Wildman–Crippen LogP) is 4.66. The van der Waals surface area contributed by atoms with E-state index in [0.717, 1.165) is 12.1 Å². The van der Waals surface area contributed by atoms with E-state index in [2.05, 4.69) is 10.3 Å². The van der Waals surface area contributed by atoms with Gasteiger partial charge >= 0.3 is 6.18 Å². The van der Waals surface area contributed by atoms with Gasteiger partial charge in [-0.2, -0.15) is 13.2 Å². The summed E-state index contributed by atoms with van der Waals surface area (Å²) < 4.78 is 38.7. The average Bonchev–Trinajstić information content (AvgIpc) is 2.40. The van der Waals surface area contributed by atoms with Crippen LogP contribution in [0, 0.1) is 0 Å². The molecule has 0 aliphatic carbocycles. The molecular weight excluding hydrogens is 328 g/mol. The molecule has 0 aliphatic rings. The van der Waals surface area contributed by atoms with Crippen LogP contribution in [0.3, 0.4) is 0 Å². The lowest BCUT2D eigenvalue weighted by atomic mass is 10.1. The summed E-state index contributed by atoms with van der Waals surface area (Å²) in [7, 11) is 0. The highest BCUT2D eigenvalue weighted by atomic mass is 35.5. The summed E-state index contributed by atoms with van der Waals surface area (Å²) in [6.07, 6.45) is -2.11. The first-order valence-electron chi connectivity index (χ1n) is 5.56. The van der Waals surface area contributed by atoms with E-state index in [-0.39, 0.29) is 15.6 Å². The largest absolute Gasteiger partial charge is 0.418 e. The maximum absolute atomic E-state index is 12.9. The molecular formula is C13H7Cl2F3N2O. The summed E-state index contributed by atoms with van der Waals surface area (Å²) in [5.41, 5.74) is -1.41. The lowest BCUT2D eigenvalue weighted by Crippen LogP contribution is -2.17. The molecule has 0 radical (unpaired) electrons. The van der Waals surface area contributed by atoms with Gasteiger partial charge in [-0.05, 0) is 24.3 Å². The molecule has 1 aromatic carbocycles. The molecule has 0 aliphatic heterocycles. The number of benzene rings is 1. The minimum atomic E-state index is -4.64. The summed E-state index contributed by atoms with van der Waals surface area (Å²) in [4.78, 5) is 15.7. The van der Waals surface area contributed by atoms with Gasteiger partial charge in [-0.25, -0.2) is 0 Å². The number of nitrogens with one attached hydrogen (secondary N) is 1. The van der Waals surface area contributed by atoms with Crippen molar-refractivity contribution in [2.45, 2.75) is 6.18 Å². The number of aromatic nitrogens is 1. The van der Waals surface area contributed by atoms with E-state index in [0.29, 0.717) is 0 Å². The number of pyridine rings is 1. The molecule has 110 valence electrons. The van der Waals surface area contributed by atoms with E-state index >= 15 is 0 Å². The molecule has 0 saturated carbocycles. The first-order valence-corrected chi connectivity index (χ1v) is 6.32. The Morgan fingerprint density at radius 1 is 1.19 bits per heavy atom. The van der Waals surface area contributed by atoms with Crippen molar-refractivity contribution in [1.29, 1.82) is 0 Å². The molecule has 0 unspecified atom stereocenters. The fraction of sp³-hybridized carbons (Fsp3) is 0.0769. The van der Waals surface area contributed by atoms with Gasteiger partial charge in [-0.15, -0.1) is 0 Å². The number of carbonyl (C=O) groups excluding carboxylic acids is 1. The second-order valence-electron chi connectivity index (χ2n) is 4.00. The van der Waals surface area contributed by atoms with Gasteiger partial charge in [0.2, 0.25) is 0 Å². The van der Waals surface area contributed by atoms with Crippen LogP contribution >= 0.6 is 23.2 Å². The number of carbonyl (C=O) groups is 1. The normalized spacial score (nSPS) is 11.3. The fourth-order valence-corrected chi connectivity index (χ4v) is 1.99. The van der Waals surface area contributed by atoms with Gasteiger partial charge in [0.25, 0.3) is 5.91 Å². The maximum atomic E-state index is 12.9. The molecule has 0 bridgehead atoms. The summed E-state index contributed by atoms with van der Waals surface area (Å²) in [6, 6.07) is 4.38. The van der Waals surface area contributed by atoms with Crippen LogP contribution in [0.4, 0.5) is 18.9 Å². The Kier molecular flexibility index (Phi) is 4.39. The van der Waals surface area contributed by atoms with E-state index in [1.807, 2.05) is 0 Å². The Morgan fingerprint density at radius 2 is 1.90 bits per heavy atom. The molecule has 2 aromatic rings. The Hall–Kier alpha value is -1.79. The number of hydrogen-bond donors (Lipinski definition) is 1. The molecule has 8 heteroatoms. The van der Waals surface area contributed by atoms with Crippen LogP contribution in [-0.4, -0.2) is 10.9 Å². The average molecular weight is 335 g/mol. The zero-order chi connectivity index (χ0) is 15.6. The van der Waals surface area contributed by atoms with E-state index < -0.39 is 23.3 Å². The number of anilines is 1. The Labute approximate surface area is 127 Å². The molecule has 2 rings (SSSR count). The van der Waals surface area contributed by atoms with E-state index in [9.17, 15) is 18.0 Å². The molecule has 1 aromatic heterocycles. The van der Waals surface area contributed by atoms with Gasteiger partial charge < -0.3 is 5.32 Å². The number of nitrogens with zero attached hydrogens (tertiary/aromatic N) is 1. The van der Waals surface area contributed by atoms with Crippen molar-refractivity contribution >= 4 is 34.8 Å². The number of halogens is 5. The van der Waals surface area contributed by atoms with Crippen LogP contribution in [0.15, 0.2) is 36.7 Å². The summed E-state index contributed by atoms with van der Waals surface area (Å²) in [6.45, 7) is 0. The minimum absolute atomic E-state index is 0.0229. The monoisotopic (exact) mass is 334 g/mol. The van der Waals surface area contributed by atoms with Crippen molar-refractivity contribution < 1.29 is 18.0 Å². The van der Waals surface area contributed by atoms with Gasteiger partial charge in [-0.3, -0.25) is 9.78 Å². The Morgan fingerprint density at radius 3 is 2.52 bits per heavy atom. The predicted molar refractivity (Wildman–Crippen MR) is 73.7 cm³/mol. The second-order valence-corrected chi connectivity index (χ2v) is 4.84. The highest BCUT2D eigenvalue weighted by Crippen LogP contribution is 2.36. The van der Waals surface area contributed by atoms with Crippen LogP contribution in [0.1, 0.15) is 15.9 Å². The standard InChI is InChI=1S/C13H7Cl2F3N2O/c14-7-1-2-11(9(5-7)13(16,17)18)20-12(21)8-3-4-19-6-10(8)15/h1-6H,(H,20,21). The molecule has 3 nitrogen and oxygen atoms in total. The van der Waals surface area contributed by atoms with Crippen molar-refractivity contribution in [1.82, 2.24) is 4.98 Å². The van der Waals surface area contributed by atoms with Crippen LogP contribution in [0.2, 0.25) is 10.0 Å². The molecule has 1 N–H and O–H groups in total. The fourth-order valence-electron chi connectivity index (χ4n) is 1.61. The zero-order valence-corrected chi connectivity index (χ0v) is 11.7. The first kappa shape index (κ1) is 15.6. The molecule has 0 fully saturated rings. The first-order chi connectivity index (χ1) is 9.79. The van der Waals surface area contributed by atoms with E-state index in [4.69, 9.17) is 23.2 Å². The smallest absolute Gasteiger partial charge is 0.321 e. The van der Waals surface area contributed by atoms with Crippen LogP contribution < -0.4 is 5.32 Å². The number of amides is 1. The van der Waals surface area contributed by atoms with E-state index in [1.165, 1.54) is 24.5 Å². The van der Waals surface area contributed by atoms with Gasteiger partial charge in [0.15, 0.2) is 0 Å². The summed E-state index contributed by atoms with van der Waals surface area (Å²) in [5.74, 6) is -0.768. The highest BCUT2D eigenvalue weighted by molar-refractivity contribution is 6.34. The molecule has 0 saturated heterocycles. The quantitative estimate of drug-likeness (QED) is 0.867. The van der Waals surface area contributed by atoms with Crippen molar-refractivity contribution in [3.8, 4) is 0 Å². The lowest BCUT2D eigenvalue weighted by Gasteiger charge is -2.14. The maximum Gasteiger partial charge on any atom is 0.418 e. The Balaban J connectivity index is 2.36. The van der Waals surface area contributed by atoms with Crippen molar-refractivity contribution in [3.63, 3.8) is 0 Å². The van der Waals surface area contributed by atoms with Crippen molar-refractivity contribution in [2.24, 2.45) is 0 Å². The molecule has 1 amide bonds. The summed E-state index contributed by atoms with van der Waals surface area (Å²) >= 11 is 11.3. The third-order valence-electron chi connectivity index (χ3n) is 2.55. The minimum Gasteiger partial charge on any atom is -0.321 e. The lowest BCUT2D eigenvalue weighted by molar-refractivity contribution is -0.136. The number of rotatable bonds is 2. The third-order valence-corrected chi connectivity index (χ3v) is 3.09. The molecule has 0 spiro atoms. The van der Waals surface area contributed by atoms with Gasteiger partial charge in [0.05, 0.1) is 21.8 Å². The van der Waals surface area contributed by atoms with E-state index in [1.54, 1.807) is 0 Å². The van der Waals surface area contributed by atoms with Gasteiger partial charge in [-0.1, -0.05) is 23.2 Å². The molecule has 0 atom stereocenters. The van der Waals surface area contributed by atoms with Crippen LogP contribution in [-0.2, 0) is 6.18 Å². The second kappa shape index (κ2) is 5.91. The zero-order valence-electron chi connectivity index (χ0n) is 10.2. The SMILES string of the molecule is O=C(Nc1ccc(Cl)cc1C(F)(F)F)c1ccncc1Cl. The van der Waals surface area contributed by atoms with Crippen molar-refractivity contribution in [3.05, 3.63) is 57.8 Å². The van der Waals surface area contributed by atoms with Crippen LogP contribution in [0.25, 0.3) is 0 Å². The molecule has 21 heavy (non-hydrogen) atoms. The topological polar surface area (TPSA) is 42.0 Å².